The van der Waals surface area contributed by atoms with Crippen molar-refractivity contribution in [1.29, 1.82) is 0 Å². The van der Waals surface area contributed by atoms with Crippen molar-refractivity contribution in [2.75, 3.05) is 31.1 Å². The standard InChI is InChI=1S/C25H24F4N4O/c1-3-21-16(2)30-22(17-7-9-19(10-8-17)25(27,28)29)31-23(21)32-11-13-33(14-12-32)24(34)18-5-4-6-20(26)15-18/h4-10,15H,3,11-14H2,1-2H3. The molecule has 1 saturated heterocycles. The maximum atomic E-state index is 13.5. The number of aryl methyl sites for hydroxylation is 1. The van der Waals surface area contributed by atoms with Crippen LogP contribution < -0.4 is 4.90 Å². The second-order valence-corrected chi connectivity index (χ2v) is 8.15. The summed E-state index contributed by atoms with van der Waals surface area (Å²) in [5.74, 6) is 0.406. The highest BCUT2D eigenvalue weighted by Crippen LogP contribution is 2.31. The van der Waals surface area contributed by atoms with Gasteiger partial charge in [-0.25, -0.2) is 14.4 Å². The van der Waals surface area contributed by atoms with Gasteiger partial charge in [0.05, 0.1) is 5.56 Å². The summed E-state index contributed by atoms with van der Waals surface area (Å²) in [6.07, 6.45) is -3.72. The summed E-state index contributed by atoms with van der Waals surface area (Å²) in [5.41, 5.74) is 1.81. The molecule has 1 aliphatic rings. The summed E-state index contributed by atoms with van der Waals surface area (Å²) in [5, 5.41) is 0. The Bertz CT molecular complexity index is 1190. The second kappa shape index (κ2) is 9.40. The number of hydrogen-bond acceptors (Lipinski definition) is 4. The van der Waals surface area contributed by atoms with Crippen LogP contribution >= 0.6 is 0 Å². The highest BCUT2D eigenvalue weighted by Gasteiger charge is 2.30. The quantitative estimate of drug-likeness (QED) is 0.494. The Morgan fingerprint density at radius 2 is 1.68 bits per heavy atom. The topological polar surface area (TPSA) is 49.3 Å². The van der Waals surface area contributed by atoms with Gasteiger partial charge < -0.3 is 9.80 Å². The van der Waals surface area contributed by atoms with Gasteiger partial charge in [0, 0.05) is 48.6 Å². The van der Waals surface area contributed by atoms with Crippen LogP contribution in [0.15, 0.2) is 48.5 Å². The van der Waals surface area contributed by atoms with E-state index in [1.54, 1.807) is 11.0 Å². The molecule has 1 fully saturated rings. The number of rotatable bonds is 4. The molecule has 34 heavy (non-hydrogen) atoms. The van der Waals surface area contributed by atoms with Crippen molar-refractivity contribution in [2.24, 2.45) is 0 Å². The zero-order chi connectivity index (χ0) is 24.5. The fourth-order valence-electron chi connectivity index (χ4n) is 4.12. The third-order valence-electron chi connectivity index (χ3n) is 5.95. The normalized spacial score (nSPS) is 14.4. The van der Waals surface area contributed by atoms with Crippen LogP contribution in [0.4, 0.5) is 23.4 Å². The van der Waals surface area contributed by atoms with E-state index in [0.717, 1.165) is 29.2 Å². The maximum Gasteiger partial charge on any atom is 0.416 e. The van der Waals surface area contributed by atoms with Crippen molar-refractivity contribution < 1.29 is 22.4 Å². The number of halogens is 4. The summed E-state index contributed by atoms with van der Waals surface area (Å²) in [6, 6.07) is 10.4. The van der Waals surface area contributed by atoms with Crippen LogP contribution in [0, 0.1) is 12.7 Å². The molecular formula is C25H24F4N4O. The lowest BCUT2D eigenvalue weighted by Crippen LogP contribution is -2.49. The van der Waals surface area contributed by atoms with Gasteiger partial charge in [0.15, 0.2) is 5.82 Å². The summed E-state index contributed by atoms with van der Waals surface area (Å²) in [6.45, 7) is 5.79. The first-order valence-electron chi connectivity index (χ1n) is 11.0. The molecule has 3 aromatic rings. The molecule has 0 unspecified atom stereocenters. The first-order valence-corrected chi connectivity index (χ1v) is 11.0. The van der Waals surface area contributed by atoms with Gasteiger partial charge in [-0.2, -0.15) is 13.2 Å². The van der Waals surface area contributed by atoms with E-state index in [1.807, 2.05) is 13.8 Å². The van der Waals surface area contributed by atoms with E-state index in [1.165, 1.54) is 30.3 Å². The molecule has 9 heteroatoms. The highest BCUT2D eigenvalue weighted by atomic mass is 19.4. The molecule has 4 rings (SSSR count). The molecule has 0 saturated carbocycles. The summed E-state index contributed by atoms with van der Waals surface area (Å²) in [7, 11) is 0. The number of benzene rings is 2. The fraction of sp³-hybridized carbons (Fsp3) is 0.320. The number of amides is 1. The first-order chi connectivity index (χ1) is 16.2. The fourth-order valence-corrected chi connectivity index (χ4v) is 4.12. The van der Waals surface area contributed by atoms with E-state index >= 15 is 0 Å². The summed E-state index contributed by atoms with van der Waals surface area (Å²) >= 11 is 0. The molecule has 1 aliphatic heterocycles. The molecule has 0 spiro atoms. The second-order valence-electron chi connectivity index (χ2n) is 8.15. The molecule has 0 aliphatic carbocycles. The Hall–Kier alpha value is -3.49. The average Bonchev–Trinajstić information content (AvgIpc) is 2.83. The van der Waals surface area contributed by atoms with Gasteiger partial charge in [-0.3, -0.25) is 4.79 Å². The number of hydrogen-bond donors (Lipinski definition) is 0. The molecule has 5 nitrogen and oxygen atoms in total. The lowest BCUT2D eigenvalue weighted by atomic mass is 10.1. The van der Waals surface area contributed by atoms with Gasteiger partial charge in [-0.05, 0) is 43.7 Å². The zero-order valence-corrected chi connectivity index (χ0v) is 18.9. The molecule has 0 N–H and O–H groups in total. The lowest BCUT2D eigenvalue weighted by molar-refractivity contribution is -0.137. The van der Waals surface area contributed by atoms with Crippen LogP contribution in [-0.4, -0.2) is 47.0 Å². The molecule has 2 heterocycles. The van der Waals surface area contributed by atoms with Crippen LogP contribution in [0.1, 0.15) is 34.1 Å². The minimum absolute atomic E-state index is 0.223. The minimum atomic E-state index is -4.41. The SMILES string of the molecule is CCc1c(C)nc(-c2ccc(C(F)(F)F)cc2)nc1N1CCN(C(=O)c2cccc(F)c2)CC1. The Balaban J connectivity index is 1.56. The third-order valence-corrected chi connectivity index (χ3v) is 5.95. The molecular weight excluding hydrogens is 448 g/mol. The van der Waals surface area contributed by atoms with Gasteiger partial charge in [0.2, 0.25) is 0 Å². The van der Waals surface area contributed by atoms with Gasteiger partial charge >= 0.3 is 6.18 Å². The highest BCUT2D eigenvalue weighted by molar-refractivity contribution is 5.94. The summed E-state index contributed by atoms with van der Waals surface area (Å²) < 4.78 is 52.3. The Morgan fingerprint density at radius 3 is 2.26 bits per heavy atom. The van der Waals surface area contributed by atoms with Crippen molar-refractivity contribution in [3.05, 3.63) is 76.7 Å². The number of carbonyl (C=O) groups excluding carboxylic acids is 1. The van der Waals surface area contributed by atoms with Crippen LogP contribution in [0.3, 0.4) is 0 Å². The first kappa shape index (κ1) is 23.7. The number of alkyl halides is 3. The molecule has 0 radical (unpaired) electrons. The molecule has 2 aromatic carbocycles. The number of aromatic nitrogens is 2. The van der Waals surface area contributed by atoms with E-state index in [9.17, 15) is 22.4 Å². The van der Waals surface area contributed by atoms with Gasteiger partial charge in [0.25, 0.3) is 5.91 Å². The molecule has 0 bridgehead atoms. The van der Waals surface area contributed by atoms with Crippen molar-refractivity contribution in [3.63, 3.8) is 0 Å². The molecule has 1 amide bonds. The smallest absolute Gasteiger partial charge is 0.353 e. The maximum absolute atomic E-state index is 13.5. The van der Waals surface area contributed by atoms with E-state index < -0.39 is 17.6 Å². The van der Waals surface area contributed by atoms with E-state index in [0.29, 0.717) is 49.6 Å². The number of carbonyl (C=O) groups is 1. The van der Waals surface area contributed by atoms with Crippen molar-refractivity contribution >= 4 is 11.7 Å². The number of piperazine rings is 1. The monoisotopic (exact) mass is 472 g/mol. The van der Waals surface area contributed by atoms with E-state index in [-0.39, 0.29) is 5.91 Å². The predicted octanol–water partition coefficient (Wildman–Crippen LogP) is 5.13. The Morgan fingerprint density at radius 1 is 1.00 bits per heavy atom. The molecule has 178 valence electrons. The van der Waals surface area contributed by atoms with Crippen molar-refractivity contribution in [3.8, 4) is 11.4 Å². The van der Waals surface area contributed by atoms with Crippen LogP contribution in [0.25, 0.3) is 11.4 Å². The molecule has 1 aromatic heterocycles. The van der Waals surface area contributed by atoms with Gasteiger partial charge in [-0.15, -0.1) is 0 Å². The third kappa shape index (κ3) is 4.88. The van der Waals surface area contributed by atoms with E-state index in [4.69, 9.17) is 4.98 Å². The number of anilines is 1. The lowest BCUT2D eigenvalue weighted by Gasteiger charge is -2.36. The van der Waals surface area contributed by atoms with Crippen molar-refractivity contribution in [2.45, 2.75) is 26.4 Å². The Labute approximate surface area is 195 Å². The predicted molar refractivity (Wildman–Crippen MR) is 121 cm³/mol. The summed E-state index contributed by atoms with van der Waals surface area (Å²) in [4.78, 5) is 25.7. The van der Waals surface area contributed by atoms with Crippen LogP contribution in [0.2, 0.25) is 0 Å². The average molecular weight is 472 g/mol. The van der Waals surface area contributed by atoms with Crippen molar-refractivity contribution in [1.82, 2.24) is 14.9 Å². The van der Waals surface area contributed by atoms with Gasteiger partial charge in [0.1, 0.15) is 11.6 Å². The van der Waals surface area contributed by atoms with E-state index in [2.05, 4.69) is 9.88 Å². The number of nitrogens with zero attached hydrogens (tertiary/aromatic N) is 4. The van der Waals surface area contributed by atoms with Crippen LogP contribution in [-0.2, 0) is 12.6 Å². The largest absolute Gasteiger partial charge is 0.416 e. The Kier molecular flexibility index (Phi) is 6.54. The van der Waals surface area contributed by atoms with Crippen LogP contribution in [0.5, 0.6) is 0 Å². The molecule has 0 atom stereocenters. The van der Waals surface area contributed by atoms with Gasteiger partial charge in [-0.1, -0.05) is 25.1 Å². The minimum Gasteiger partial charge on any atom is -0.353 e. The zero-order valence-electron chi connectivity index (χ0n) is 18.9.